The number of carbonyl (C=O) groups is 1. The van der Waals surface area contributed by atoms with Gasteiger partial charge in [0.15, 0.2) is 0 Å². The first kappa shape index (κ1) is 30.4. The van der Waals surface area contributed by atoms with Gasteiger partial charge in [0.05, 0.1) is 23.0 Å². The first-order valence-corrected chi connectivity index (χ1v) is 15.6. The zero-order valence-electron chi connectivity index (χ0n) is 25.1. The van der Waals surface area contributed by atoms with Gasteiger partial charge in [0.2, 0.25) is 0 Å². The third-order valence-corrected chi connectivity index (χ3v) is 9.39. The van der Waals surface area contributed by atoms with Crippen molar-refractivity contribution < 1.29 is 14.6 Å². The van der Waals surface area contributed by atoms with Crippen molar-refractivity contribution in [2.24, 2.45) is 5.41 Å². The van der Waals surface area contributed by atoms with Crippen LogP contribution in [0.2, 0.25) is 0 Å². The number of hydrogen-bond donors (Lipinski definition) is 1. The topological polar surface area (TPSA) is 80.5 Å². The first-order chi connectivity index (χ1) is 19.0. The minimum Gasteiger partial charge on any atom is -0.487 e. The minimum atomic E-state index is -0.798. The van der Waals surface area contributed by atoms with E-state index in [1.165, 1.54) is 24.2 Å². The number of fused-ring (bicyclic) bond motifs is 1. The van der Waals surface area contributed by atoms with E-state index in [-0.39, 0.29) is 4.75 Å². The van der Waals surface area contributed by atoms with Crippen LogP contribution in [0.1, 0.15) is 83.8 Å². The normalized spacial score (nSPS) is 15.1. The Kier molecular flexibility index (Phi) is 9.83. The molecule has 1 fully saturated rings. The highest BCUT2D eigenvalue weighted by atomic mass is 32.2. The highest BCUT2D eigenvalue weighted by molar-refractivity contribution is 8.00. The number of nitrogens with zero attached hydrogens (tertiary/aromatic N) is 4. The number of ether oxygens (including phenoxy) is 1. The van der Waals surface area contributed by atoms with E-state index < -0.39 is 11.4 Å². The molecule has 0 bridgehead atoms. The summed E-state index contributed by atoms with van der Waals surface area (Å²) in [5.41, 5.74) is 3.15. The van der Waals surface area contributed by atoms with Crippen molar-refractivity contribution in [1.29, 1.82) is 0 Å². The van der Waals surface area contributed by atoms with Crippen LogP contribution in [0.25, 0.3) is 10.9 Å². The van der Waals surface area contributed by atoms with Gasteiger partial charge < -0.3 is 19.3 Å². The van der Waals surface area contributed by atoms with Crippen LogP contribution in [0.15, 0.2) is 35.5 Å². The van der Waals surface area contributed by atoms with Gasteiger partial charge in [-0.3, -0.25) is 14.8 Å². The maximum atomic E-state index is 12.7. The fourth-order valence-electron chi connectivity index (χ4n) is 5.57. The number of rotatable bonds is 12. The van der Waals surface area contributed by atoms with E-state index >= 15 is 0 Å². The summed E-state index contributed by atoms with van der Waals surface area (Å²) in [4.78, 5) is 25.1. The zero-order chi connectivity index (χ0) is 28.9. The van der Waals surface area contributed by atoms with Crippen LogP contribution < -0.4 is 4.74 Å². The van der Waals surface area contributed by atoms with Crippen LogP contribution >= 0.6 is 11.8 Å². The van der Waals surface area contributed by atoms with E-state index in [9.17, 15) is 9.90 Å². The summed E-state index contributed by atoms with van der Waals surface area (Å²) < 4.78 is 8.56. The highest BCUT2D eigenvalue weighted by Crippen LogP contribution is 2.45. The third-order valence-electron chi connectivity index (χ3n) is 8.12. The van der Waals surface area contributed by atoms with Crippen molar-refractivity contribution in [3.63, 3.8) is 0 Å². The standard InChI is InChI=1S/C32H46N4O3S/c1-7-32(8-2,30(37)38)19-28-29(40-31(4,5)6)26-18-25(39-22-24-21-33-23(3)20-34-24)12-13-27(26)36(28)17-16-35-14-10-9-11-15-35/h12-13,18,20-21H,7-11,14-17,19,22H2,1-6H3,(H,37,38). The van der Waals surface area contributed by atoms with Gasteiger partial charge in [-0.25, -0.2) is 0 Å². The number of carboxylic acids is 1. The van der Waals surface area contributed by atoms with Crippen molar-refractivity contribution >= 4 is 28.6 Å². The molecular formula is C32H46N4O3S. The molecule has 0 saturated carbocycles. The Bertz CT molecular complexity index is 1290. The smallest absolute Gasteiger partial charge is 0.310 e. The van der Waals surface area contributed by atoms with Gasteiger partial charge in [-0.1, -0.05) is 41.0 Å². The maximum Gasteiger partial charge on any atom is 0.310 e. The van der Waals surface area contributed by atoms with E-state index in [1.807, 2.05) is 38.6 Å². The Morgan fingerprint density at radius 1 is 1.05 bits per heavy atom. The number of likely N-dealkylation sites (tertiary alicyclic amines) is 1. The molecule has 1 aliphatic heterocycles. The quantitative estimate of drug-likeness (QED) is 0.234. The van der Waals surface area contributed by atoms with Crippen molar-refractivity contribution in [3.8, 4) is 5.75 Å². The lowest BCUT2D eigenvalue weighted by Gasteiger charge is -2.30. The fourth-order valence-corrected chi connectivity index (χ4v) is 6.76. The summed E-state index contributed by atoms with van der Waals surface area (Å²) in [7, 11) is 0. The van der Waals surface area contributed by atoms with Gasteiger partial charge in [-0.2, -0.15) is 0 Å². The fraction of sp³-hybridized carbons (Fsp3) is 0.594. The number of benzene rings is 1. The SMILES string of the molecule is CCC(CC)(Cc1c(SC(C)(C)C)c2cc(OCc3cnc(C)cn3)ccc2n1CCN1CCCCC1)C(=O)O. The Morgan fingerprint density at radius 3 is 2.38 bits per heavy atom. The number of carboxylic acid groups (broad SMARTS) is 1. The van der Waals surface area contributed by atoms with E-state index in [0.717, 1.165) is 59.9 Å². The summed E-state index contributed by atoms with van der Waals surface area (Å²) in [5.74, 6) is 0.0705. The maximum absolute atomic E-state index is 12.7. The van der Waals surface area contributed by atoms with Gasteiger partial charge in [0.25, 0.3) is 0 Å². The minimum absolute atomic E-state index is 0.0423. The summed E-state index contributed by atoms with van der Waals surface area (Å²) in [5, 5.41) is 11.5. The van der Waals surface area contributed by atoms with E-state index in [2.05, 4.69) is 52.3 Å². The highest BCUT2D eigenvalue weighted by Gasteiger charge is 2.38. The molecule has 0 spiro atoms. The molecule has 1 aliphatic rings. The van der Waals surface area contributed by atoms with Crippen LogP contribution in [0.3, 0.4) is 0 Å². The molecule has 0 aliphatic carbocycles. The van der Waals surface area contributed by atoms with Gasteiger partial charge >= 0.3 is 5.97 Å². The Hall–Kier alpha value is -2.58. The summed E-state index contributed by atoms with van der Waals surface area (Å²) >= 11 is 1.83. The largest absolute Gasteiger partial charge is 0.487 e. The molecule has 2 aromatic heterocycles. The lowest BCUT2D eigenvalue weighted by molar-refractivity contribution is -0.149. The average molecular weight is 567 g/mol. The predicted octanol–water partition coefficient (Wildman–Crippen LogP) is 7.13. The second-order valence-corrected chi connectivity index (χ2v) is 14.0. The number of hydrogen-bond acceptors (Lipinski definition) is 6. The summed E-state index contributed by atoms with van der Waals surface area (Å²) in [6.45, 7) is 17.0. The molecular weight excluding hydrogens is 520 g/mol. The molecule has 4 rings (SSSR count). The van der Waals surface area contributed by atoms with Crippen molar-refractivity contribution in [2.75, 3.05) is 19.6 Å². The van der Waals surface area contributed by atoms with Gasteiger partial charge in [-0.15, -0.1) is 11.8 Å². The van der Waals surface area contributed by atoms with Crippen LogP contribution in [0.4, 0.5) is 0 Å². The van der Waals surface area contributed by atoms with Crippen LogP contribution in [-0.4, -0.2) is 54.9 Å². The van der Waals surface area contributed by atoms with Crippen LogP contribution in [-0.2, 0) is 24.4 Å². The number of aliphatic carboxylic acids is 1. The molecule has 8 heteroatoms. The van der Waals surface area contributed by atoms with E-state index in [0.29, 0.717) is 25.9 Å². The second kappa shape index (κ2) is 12.9. The Balaban J connectivity index is 1.79. The second-order valence-electron chi connectivity index (χ2n) is 12.1. The molecule has 1 aromatic carbocycles. The molecule has 1 N–H and O–H groups in total. The molecule has 7 nitrogen and oxygen atoms in total. The summed E-state index contributed by atoms with van der Waals surface area (Å²) in [6.07, 6.45) is 9.03. The van der Waals surface area contributed by atoms with Crippen molar-refractivity contribution in [3.05, 3.63) is 47.7 Å². The Morgan fingerprint density at radius 2 is 1.77 bits per heavy atom. The zero-order valence-corrected chi connectivity index (χ0v) is 25.9. The monoisotopic (exact) mass is 566 g/mol. The predicted molar refractivity (Wildman–Crippen MR) is 163 cm³/mol. The van der Waals surface area contributed by atoms with Crippen molar-refractivity contribution in [2.45, 2.75) is 103 Å². The van der Waals surface area contributed by atoms with Crippen molar-refractivity contribution in [1.82, 2.24) is 19.4 Å². The van der Waals surface area contributed by atoms with Crippen LogP contribution in [0.5, 0.6) is 5.75 Å². The molecule has 0 radical (unpaired) electrons. The first-order valence-electron chi connectivity index (χ1n) is 14.8. The number of aryl methyl sites for hydroxylation is 1. The van der Waals surface area contributed by atoms with Crippen LogP contribution in [0, 0.1) is 12.3 Å². The number of piperidine rings is 1. The molecule has 0 atom stereocenters. The average Bonchev–Trinajstić information content (AvgIpc) is 3.20. The summed E-state index contributed by atoms with van der Waals surface area (Å²) in [6, 6.07) is 6.31. The third kappa shape index (κ3) is 7.19. The van der Waals surface area contributed by atoms with E-state index in [4.69, 9.17) is 4.74 Å². The lowest BCUT2D eigenvalue weighted by Crippen LogP contribution is -2.35. The lowest BCUT2D eigenvalue weighted by atomic mass is 9.78. The molecule has 3 heterocycles. The van der Waals surface area contributed by atoms with Gasteiger partial charge in [0, 0.05) is 51.9 Å². The molecule has 1 saturated heterocycles. The van der Waals surface area contributed by atoms with Gasteiger partial charge in [-0.05, 0) is 63.9 Å². The number of aromatic nitrogens is 3. The molecule has 218 valence electrons. The molecule has 0 amide bonds. The molecule has 40 heavy (non-hydrogen) atoms. The molecule has 3 aromatic rings. The molecule has 0 unspecified atom stereocenters. The Labute approximate surface area is 243 Å². The van der Waals surface area contributed by atoms with E-state index in [1.54, 1.807) is 12.4 Å². The van der Waals surface area contributed by atoms with Gasteiger partial charge in [0.1, 0.15) is 12.4 Å². The number of thioether (sulfide) groups is 1.